The number of amides is 3. The second-order valence-corrected chi connectivity index (χ2v) is 17.9. The lowest BCUT2D eigenvalue weighted by molar-refractivity contribution is 0.00607. The van der Waals surface area contributed by atoms with E-state index in [1.54, 1.807) is 55.5 Å². The first kappa shape index (κ1) is 44.8. The lowest BCUT2D eigenvalue weighted by Crippen LogP contribution is -2.56. The number of nitrogens with one attached hydrogen (secondary N) is 1. The smallest absolute Gasteiger partial charge is 0.410 e. The molecule has 16 heteroatoms. The van der Waals surface area contributed by atoms with Gasteiger partial charge in [0.2, 0.25) is 0 Å². The van der Waals surface area contributed by atoms with Gasteiger partial charge >= 0.3 is 6.09 Å². The number of halogens is 2. The second-order valence-electron chi connectivity index (χ2n) is 17.9. The van der Waals surface area contributed by atoms with E-state index in [0.717, 1.165) is 41.0 Å². The fraction of sp³-hybridized carbons (Fsp3) is 0.426. The standard InChI is InChI=1S/C26H32FN5O3.C21H24FN5O/c1-16(2)20-13-21(18-7-9-19(27)10-8-18)29-32-15-22(28-23(20)32)24(33)31-12-11-30(14-17(31)3)25(34)35-26(4,5)6;1-13(2)17-10-18(15-4-6-16(22)7-5-15)25-27-12-19(24-20(17)27)21(28)26-9-8-23-11-14(26)3/h7-10,13,15-17H,11-12,14H2,1-6H3;4-7,10,12-14,23H,8-9,11H2,1-3H3/t17-;14-/m00/s1. The van der Waals surface area contributed by atoms with Crippen LogP contribution in [-0.2, 0) is 4.74 Å². The molecule has 332 valence electrons. The molecule has 2 saturated heterocycles. The van der Waals surface area contributed by atoms with E-state index in [-0.39, 0.29) is 53.5 Å². The lowest BCUT2D eigenvalue weighted by Gasteiger charge is -2.39. The van der Waals surface area contributed by atoms with Crippen LogP contribution >= 0.6 is 0 Å². The number of carbonyl (C=O) groups excluding carboxylic acids is 3. The summed E-state index contributed by atoms with van der Waals surface area (Å²) in [6, 6.07) is 16.3. The highest BCUT2D eigenvalue weighted by molar-refractivity contribution is 5.94. The maximum Gasteiger partial charge on any atom is 0.410 e. The van der Waals surface area contributed by atoms with Crippen molar-refractivity contribution in [1.82, 2.24) is 49.2 Å². The van der Waals surface area contributed by atoms with Crippen LogP contribution in [0.2, 0.25) is 0 Å². The van der Waals surface area contributed by atoms with E-state index in [4.69, 9.17) is 4.74 Å². The average Bonchev–Trinajstić information content (AvgIpc) is 3.88. The van der Waals surface area contributed by atoms with Gasteiger partial charge in [0.05, 0.1) is 23.8 Å². The summed E-state index contributed by atoms with van der Waals surface area (Å²) in [4.78, 5) is 53.3. The third-order valence-corrected chi connectivity index (χ3v) is 11.2. The van der Waals surface area contributed by atoms with Crippen molar-refractivity contribution >= 4 is 29.2 Å². The SMILES string of the molecule is CC(C)c1cc(-c2ccc(F)cc2)nn2cc(C(=O)N3CCN(C(=O)OC(C)(C)C)C[C@@H]3C)nc12.CC(C)c1cc(-c2ccc(F)cc2)nn2cc(C(=O)N3CCNC[C@@H]3C)nc12. The van der Waals surface area contributed by atoms with Gasteiger partial charge in [-0.25, -0.2) is 32.6 Å². The minimum absolute atomic E-state index is 0.0717. The van der Waals surface area contributed by atoms with E-state index in [1.165, 1.54) is 24.3 Å². The van der Waals surface area contributed by atoms with Crippen molar-refractivity contribution in [2.24, 2.45) is 0 Å². The quantitative estimate of drug-likeness (QED) is 0.177. The molecule has 63 heavy (non-hydrogen) atoms. The Bertz CT molecular complexity index is 2620. The van der Waals surface area contributed by atoms with Gasteiger partial charge in [0.1, 0.15) is 28.6 Å². The first-order valence-electron chi connectivity index (χ1n) is 21.5. The van der Waals surface area contributed by atoms with Crippen LogP contribution < -0.4 is 5.32 Å². The summed E-state index contributed by atoms with van der Waals surface area (Å²) in [6.07, 6.45) is 2.97. The largest absolute Gasteiger partial charge is 0.444 e. The molecule has 0 bridgehead atoms. The molecular weight excluding hydrogens is 807 g/mol. The maximum absolute atomic E-state index is 13.4. The van der Waals surface area contributed by atoms with Gasteiger partial charge in [-0.15, -0.1) is 0 Å². The van der Waals surface area contributed by atoms with Crippen molar-refractivity contribution in [3.05, 3.63) is 107 Å². The van der Waals surface area contributed by atoms with Gasteiger partial charge < -0.3 is 24.8 Å². The molecule has 6 aromatic rings. The predicted molar refractivity (Wildman–Crippen MR) is 237 cm³/mol. The highest BCUT2D eigenvalue weighted by atomic mass is 19.1. The summed E-state index contributed by atoms with van der Waals surface area (Å²) in [5.41, 5.74) is 6.39. The summed E-state index contributed by atoms with van der Waals surface area (Å²) in [5, 5.41) is 12.6. The van der Waals surface area contributed by atoms with Crippen LogP contribution in [0, 0.1) is 11.6 Å². The van der Waals surface area contributed by atoms with Gasteiger partial charge in [0.15, 0.2) is 11.3 Å². The molecule has 8 rings (SSSR count). The predicted octanol–water partition coefficient (Wildman–Crippen LogP) is 7.83. The van der Waals surface area contributed by atoms with E-state index in [0.29, 0.717) is 54.6 Å². The number of rotatable bonds is 6. The number of aromatic nitrogens is 6. The molecule has 2 aromatic carbocycles. The normalized spacial score (nSPS) is 17.1. The Kier molecular flexibility index (Phi) is 12.9. The van der Waals surface area contributed by atoms with Crippen molar-refractivity contribution in [1.29, 1.82) is 0 Å². The van der Waals surface area contributed by atoms with Crippen molar-refractivity contribution in [3.8, 4) is 22.5 Å². The Morgan fingerprint density at radius 1 is 0.698 bits per heavy atom. The number of imidazole rings is 2. The summed E-state index contributed by atoms with van der Waals surface area (Å²) >= 11 is 0. The molecule has 2 aliphatic heterocycles. The number of hydrogen-bond acceptors (Lipinski definition) is 9. The zero-order chi connectivity index (χ0) is 45.3. The van der Waals surface area contributed by atoms with Crippen molar-refractivity contribution in [3.63, 3.8) is 0 Å². The summed E-state index contributed by atoms with van der Waals surface area (Å²) in [7, 11) is 0. The van der Waals surface area contributed by atoms with Crippen LogP contribution in [0.4, 0.5) is 13.6 Å². The van der Waals surface area contributed by atoms with Crippen LogP contribution in [0.3, 0.4) is 0 Å². The Hall–Kier alpha value is -6.29. The molecule has 0 saturated carbocycles. The van der Waals surface area contributed by atoms with Gasteiger partial charge in [0, 0.05) is 73.6 Å². The first-order chi connectivity index (χ1) is 29.9. The van der Waals surface area contributed by atoms with Gasteiger partial charge in [-0.3, -0.25) is 9.59 Å². The third-order valence-electron chi connectivity index (χ3n) is 11.2. The topological polar surface area (TPSA) is 143 Å². The van der Waals surface area contributed by atoms with E-state index < -0.39 is 5.60 Å². The number of piperazine rings is 2. The van der Waals surface area contributed by atoms with Crippen LogP contribution in [-0.4, -0.2) is 119 Å². The number of ether oxygens (including phenoxy) is 1. The molecule has 14 nitrogen and oxygen atoms in total. The summed E-state index contributed by atoms with van der Waals surface area (Å²) in [5.74, 6) is -0.526. The van der Waals surface area contributed by atoms with Gasteiger partial charge in [-0.2, -0.15) is 10.2 Å². The van der Waals surface area contributed by atoms with E-state index in [2.05, 4.69) is 53.2 Å². The molecule has 2 atom stereocenters. The molecule has 2 fully saturated rings. The molecule has 1 N–H and O–H groups in total. The van der Waals surface area contributed by atoms with Gasteiger partial charge in [-0.1, -0.05) is 27.7 Å². The number of carbonyl (C=O) groups is 3. The molecule has 0 spiro atoms. The van der Waals surface area contributed by atoms with Crippen LogP contribution in [0.25, 0.3) is 33.8 Å². The lowest BCUT2D eigenvalue weighted by atomic mass is 10.0. The Morgan fingerprint density at radius 3 is 1.57 bits per heavy atom. The molecule has 4 aromatic heterocycles. The van der Waals surface area contributed by atoms with Crippen molar-refractivity contribution in [2.75, 3.05) is 39.3 Å². The number of fused-ring (bicyclic) bond motifs is 2. The first-order valence-corrected chi connectivity index (χ1v) is 21.5. The monoisotopic (exact) mass is 862 g/mol. The molecule has 0 aliphatic carbocycles. The van der Waals surface area contributed by atoms with Crippen LogP contribution in [0.5, 0.6) is 0 Å². The summed E-state index contributed by atoms with van der Waals surface area (Å²) < 4.78 is 35.5. The van der Waals surface area contributed by atoms with Gasteiger partial charge in [0.25, 0.3) is 11.8 Å². The minimum atomic E-state index is -0.572. The second kappa shape index (κ2) is 18.2. The van der Waals surface area contributed by atoms with E-state index >= 15 is 0 Å². The van der Waals surface area contributed by atoms with E-state index in [1.807, 2.05) is 51.7 Å². The van der Waals surface area contributed by atoms with Crippen LogP contribution in [0.15, 0.2) is 73.1 Å². The highest BCUT2D eigenvalue weighted by Gasteiger charge is 2.34. The zero-order valence-corrected chi connectivity index (χ0v) is 37.4. The fourth-order valence-corrected chi connectivity index (χ4v) is 7.77. The minimum Gasteiger partial charge on any atom is -0.444 e. The number of nitrogens with zero attached hydrogens (tertiary/aromatic N) is 9. The van der Waals surface area contributed by atoms with Gasteiger partial charge in [-0.05, 0) is 107 Å². The Balaban J connectivity index is 0.000000193. The van der Waals surface area contributed by atoms with Crippen LogP contribution in [0.1, 0.15) is 106 Å². The number of benzene rings is 2. The average molecular weight is 863 g/mol. The molecule has 0 radical (unpaired) electrons. The summed E-state index contributed by atoms with van der Waals surface area (Å²) in [6.45, 7) is 21.1. The molecule has 2 aliphatic rings. The zero-order valence-electron chi connectivity index (χ0n) is 37.4. The third kappa shape index (κ3) is 10.0. The van der Waals surface area contributed by atoms with Crippen molar-refractivity contribution in [2.45, 2.75) is 91.8 Å². The fourth-order valence-electron chi connectivity index (χ4n) is 7.77. The molecule has 6 heterocycles. The highest BCUT2D eigenvalue weighted by Crippen LogP contribution is 2.28. The Morgan fingerprint density at radius 2 is 1.16 bits per heavy atom. The van der Waals surface area contributed by atoms with Crippen molar-refractivity contribution < 1.29 is 27.9 Å². The number of hydrogen-bond donors (Lipinski definition) is 1. The maximum atomic E-state index is 13.4. The molecule has 0 unspecified atom stereocenters. The Labute approximate surface area is 366 Å². The molecule has 3 amide bonds. The molecular formula is C47H56F2N10O4. The van der Waals surface area contributed by atoms with E-state index in [9.17, 15) is 23.2 Å².